The molecule has 0 aromatic heterocycles. The first kappa shape index (κ1) is 31.2. The predicted octanol–water partition coefficient (Wildman–Crippen LogP) is 6.54. The van der Waals surface area contributed by atoms with Crippen molar-refractivity contribution in [2.45, 2.75) is 32.6 Å². The van der Waals surface area contributed by atoms with E-state index in [1.165, 1.54) is 6.07 Å². The molecule has 1 heterocycles. The van der Waals surface area contributed by atoms with Crippen LogP contribution < -0.4 is 20.4 Å². The van der Waals surface area contributed by atoms with Gasteiger partial charge in [0.2, 0.25) is 26.3 Å². The predicted molar refractivity (Wildman–Crippen MR) is 183 cm³/mol. The van der Waals surface area contributed by atoms with Gasteiger partial charge in [0.15, 0.2) is 0 Å². The maximum absolute atomic E-state index is 13.5. The highest BCUT2D eigenvalue weighted by atomic mass is 35.5. The number of nitrogens with one attached hydrogen (secondary N) is 3. The van der Waals surface area contributed by atoms with E-state index in [0.717, 1.165) is 55.6 Å². The highest BCUT2D eigenvalue weighted by Crippen LogP contribution is 2.43. The number of rotatable bonds is 8. The molecule has 0 fully saturated rings. The van der Waals surface area contributed by atoms with Gasteiger partial charge < -0.3 is 9.73 Å². The maximum Gasteiger partial charge on any atom is 0.241 e. The summed E-state index contributed by atoms with van der Waals surface area (Å²) in [6.07, 6.45) is 0. The molecule has 4 aromatic carbocycles. The number of para-hydroxylation sites is 2. The fraction of sp³-hybridized carbons (Fsp3) is 0.135. The summed E-state index contributed by atoms with van der Waals surface area (Å²) in [5, 5.41) is 4.29. The number of hydrogen-bond acceptors (Lipinski definition) is 5. The highest BCUT2D eigenvalue weighted by molar-refractivity contribution is 7.89. The van der Waals surface area contributed by atoms with Gasteiger partial charge in [-0.25, -0.2) is 18.1 Å². The quantitative estimate of drug-likeness (QED) is 0.128. The van der Waals surface area contributed by atoms with Crippen LogP contribution in [0.25, 0.3) is 33.4 Å². The number of sulfonamides is 1. The van der Waals surface area contributed by atoms with Crippen LogP contribution in [-0.2, 0) is 14.8 Å². The zero-order valence-electron chi connectivity index (χ0n) is 25.9. The van der Waals surface area contributed by atoms with Crippen LogP contribution in [0, 0.1) is 27.7 Å². The molecule has 1 aliphatic carbocycles. The van der Waals surface area contributed by atoms with E-state index in [-0.39, 0.29) is 4.90 Å². The minimum Gasteiger partial charge on any atom is -0.456 e. The smallest absolute Gasteiger partial charge is 0.241 e. The van der Waals surface area contributed by atoms with Gasteiger partial charge in [-0.3, -0.25) is 4.79 Å². The summed E-state index contributed by atoms with van der Waals surface area (Å²) < 4.78 is 35.9. The van der Waals surface area contributed by atoms with Crippen molar-refractivity contribution in [2.24, 2.45) is 0 Å². The van der Waals surface area contributed by atoms with E-state index in [4.69, 9.17) is 16.0 Å². The van der Waals surface area contributed by atoms with Crippen LogP contribution in [0.1, 0.15) is 22.3 Å². The van der Waals surface area contributed by atoms with Gasteiger partial charge >= 0.3 is 0 Å². The first-order chi connectivity index (χ1) is 22.0. The Labute approximate surface area is 273 Å². The van der Waals surface area contributed by atoms with E-state index < -0.39 is 21.8 Å². The van der Waals surface area contributed by atoms with Gasteiger partial charge in [-0.2, -0.15) is 0 Å². The van der Waals surface area contributed by atoms with Crippen molar-refractivity contribution >= 4 is 54.9 Å². The zero-order valence-corrected chi connectivity index (χ0v) is 27.4. The molecule has 3 N–H and O–H groups in total. The Morgan fingerprint density at radius 1 is 0.783 bits per heavy atom. The molecule has 0 spiro atoms. The molecule has 9 heteroatoms. The average Bonchev–Trinajstić information content (AvgIpc) is 3.02. The molecule has 0 unspecified atom stereocenters. The molecule has 0 amide bonds. The average molecular weight is 651 g/mol. The molecular weight excluding hydrogens is 618 g/mol. The SMILES string of the molecule is Cc1cccc(C)c1Nc1ccc2c(-c3ccccc3S(=O)(=O)NCC(=O)Cl)c3ccc(=[NH+]c4c(C)cccc4C)cc-3oc2c1. The topological polar surface area (TPSA) is 102 Å². The van der Waals surface area contributed by atoms with E-state index in [2.05, 4.69) is 67.0 Å². The van der Waals surface area contributed by atoms with Gasteiger partial charge in [0.25, 0.3) is 0 Å². The summed E-state index contributed by atoms with van der Waals surface area (Å²) in [5.74, 6) is 0.569. The molecule has 0 saturated carbocycles. The minimum atomic E-state index is -4.10. The third kappa shape index (κ3) is 6.20. The van der Waals surface area contributed by atoms with Crippen LogP contribution in [0.15, 0.2) is 106 Å². The number of fused-ring (bicyclic) bond motifs is 2. The lowest BCUT2D eigenvalue weighted by Crippen LogP contribution is -2.71. The van der Waals surface area contributed by atoms with E-state index in [1.807, 2.05) is 48.5 Å². The summed E-state index contributed by atoms with van der Waals surface area (Å²) in [7, 11) is -4.10. The van der Waals surface area contributed by atoms with E-state index in [0.29, 0.717) is 22.5 Å². The second-order valence-electron chi connectivity index (χ2n) is 11.4. The monoisotopic (exact) mass is 650 g/mol. The Kier molecular flexibility index (Phi) is 8.53. The normalized spacial score (nSPS) is 12.2. The van der Waals surface area contributed by atoms with E-state index >= 15 is 0 Å². The molecule has 0 saturated heterocycles. The van der Waals surface area contributed by atoms with Crippen molar-refractivity contribution in [3.63, 3.8) is 0 Å². The fourth-order valence-electron chi connectivity index (χ4n) is 5.78. The molecule has 46 heavy (non-hydrogen) atoms. The summed E-state index contributed by atoms with van der Waals surface area (Å²) in [6, 6.07) is 30.6. The number of anilines is 2. The lowest BCUT2D eigenvalue weighted by Gasteiger charge is -2.19. The Hall–Kier alpha value is -4.76. The van der Waals surface area contributed by atoms with Crippen molar-refractivity contribution in [3.05, 3.63) is 125 Å². The van der Waals surface area contributed by atoms with Gasteiger partial charge in [-0.05, 0) is 74.7 Å². The molecule has 232 valence electrons. The number of hydrogen-bond donors (Lipinski definition) is 3. The number of carbonyl (C=O) groups is 1. The number of aryl methyl sites for hydroxylation is 4. The van der Waals surface area contributed by atoms with Crippen LogP contribution in [0.2, 0.25) is 0 Å². The lowest BCUT2D eigenvalue weighted by atomic mass is 9.93. The molecule has 2 aliphatic rings. The maximum atomic E-state index is 13.5. The van der Waals surface area contributed by atoms with Crippen LogP contribution in [0.4, 0.5) is 17.1 Å². The Morgan fingerprint density at radius 3 is 2.15 bits per heavy atom. The third-order valence-corrected chi connectivity index (χ3v) is 9.66. The van der Waals surface area contributed by atoms with Crippen LogP contribution in [0.3, 0.4) is 0 Å². The summed E-state index contributed by atoms with van der Waals surface area (Å²) in [6.45, 7) is 7.70. The first-order valence-electron chi connectivity index (χ1n) is 14.8. The van der Waals surface area contributed by atoms with Gasteiger partial charge in [-0.15, -0.1) is 0 Å². The molecule has 7 nitrogen and oxygen atoms in total. The highest BCUT2D eigenvalue weighted by Gasteiger charge is 2.25. The Balaban J connectivity index is 1.61. The molecule has 0 bridgehead atoms. The second kappa shape index (κ2) is 12.6. The van der Waals surface area contributed by atoms with Crippen molar-refractivity contribution in [1.29, 1.82) is 0 Å². The molecule has 0 radical (unpaired) electrons. The van der Waals surface area contributed by atoms with Crippen LogP contribution in [-0.4, -0.2) is 20.2 Å². The summed E-state index contributed by atoms with van der Waals surface area (Å²) >= 11 is 5.48. The minimum absolute atomic E-state index is 0.0252. The van der Waals surface area contributed by atoms with Crippen molar-refractivity contribution in [2.75, 3.05) is 11.9 Å². The van der Waals surface area contributed by atoms with Crippen LogP contribution >= 0.6 is 11.6 Å². The largest absolute Gasteiger partial charge is 0.456 e. The second-order valence-corrected chi connectivity index (χ2v) is 13.5. The van der Waals surface area contributed by atoms with Gasteiger partial charge in [0, 0.05) is 56.7 Å². The Bertz CT molecular complexity index is 2250. The molecular formula is C37H33ClN3O4S+. The first-order valence-corrected chi connectivity index (χ1v) is 16.7. The standard InChI is InChI=1S/C37H32ClN3O4S/c1-22-9-7-10-23(2)36(22)40-26-15-17-28-31(19-26)45-32-20-27(41-37-24(3)11-8-12-25(37)4)16-18-29(32)35(28)30-13-5-6-14-33(30)46(43,44)39-21-34(38)42/h5-20,39-40H,21H2,1-4H3/p+1. The fourth-order valence-corrected chi connectivity index (χ4v) is 7.12. The molecule has 0 atom stereocenters. The van der Waals surface area contributed by atoms with Crippen LogP contribution in [0.5, 0.6) is 0 Å². The summed E-state index contributed by atoms with van der Waals surface area (Å²) in [5.41, 5.74) is 9.75. The molecule has 1 aliphatic heterocycles. The van der Waals surface area contributed by atoms with Crippen molar-refractivity contribution < 1.29 is 22.6 Å². The van der Waals surface area contributed by atoms with Gasteiger partial charge in [0.05, 0.1) is 17.5 Å². The van der Waals surface area contributed by atoms with Gasteiger partial charge in [-0.1, -0.05) is 54.6 Å². The van der Waals surface area contributed by atoms with Crippen molar-refractivity contribution in [1.82, 2.24) is 4.72 Å². The summed E-state index contributed by atoms with van der Waals surface area (Å²) in [4.78, 5) is 15.0. The number of halogens is 1. The number of carbonyl (C=O) groups excluding carboxylic acids is 1. The number of benzene rings is 5. The van der Waals surface area contributed by atoms with Crippen molar-refractivity contribution in [3.8, 4) is 22.5 Å². The molecule has 4 aromatic rings. The van der Waals surface area contributed by atoms with Gasteiger partial charge in [0.1, 0.15) is 11.3 Å². The Morgan fingerprint density at radius 2 is 1.46 bits per heavy atom. The molecule has 6 rings (SSSR count). The zero-order chi connectivity index (χ0) is 32.6. The lowest BCUT2D eigenvalue weighted by molar-refractivity contribution is -0.403. The van der Waals surface area contributed by atoms with E-state index in [9.17, 15) is 13.2 Å². The third-order valence-electron chi connectivity index (χ3n) is 8.07. The van der Waals surface area contributed by atoms with E-state index in [1.54, 1.807) is 18.2 Å².